The number of methoxy groups -OCH3 is 1. The number of ether oxygens (including phenoxy) is 1. The molecule has 0 aliphatic carbocycles. The number of nitrogens with zero attached hydrogens (tertiary/aromatic N) is 5. The third-order valence-corrected chi connectivity index (χ3v) is 4.66. The Morgan fingerprint density at radius 3 is 2.58 bits per heavy atom. The minimum atomic E-state index is -0.317. The van der Waals surface area contributed by atoms with E-state index in [2.05, 4.69) is 24.8 Å². The molecule has 0 atom stereocenters. The summed E-state index contributed by atoms with van der Waals surface area (Å²) in [6, 6.07) is 7.02. The van der Waals surface area contributed by atoms with E-state index < -0.39 is 0 Å². The second-order valence-electron chi connectivity index (χ2n) is 6.29. The van der Waals surface area contributed by atoms with Crippen LogP contribution in [0, 0.1) is 5.82 Å². The van der Waals surface area contributed by atoms with Crippen molar-refractivity contribution in [1.82, 2.24) is 19.9 Å². The van der Waals surface area contributed by atoms with E-state index in [0.717, 1.165) is 55.1 Å². The number of fused-ring (bicyclic) bond motifs is 1. The van der Waals surface area contributed by atoms with Gasteiger partial charge in [-0.3, -0.25) is 9.88 Å². The maximum Gasteiger partial charge on any atom is 0.165 e. The fourth-order valence-electron chi connectivity index (χ4n) is 3.30. The standard InChI is InChI=1S/C19H20FN5O/c1-26-17-3-2-14(12-15(17)20)13-24-8-10-25(11-9-24)19-18-16(4-5-23-19)21-6-7-22-18/h2-7,12H,8-11,13H2,1H3. The summed E-state index contributed by atoms with van der Waals surface area (Å²) in [5.74, 6) is 0.842. The first-order chi connectivity index (χ1) is 12.7. The highest BCUT2D eigenvalue weighted by atomic mass is 19.1. The van der Waals surface area contributed by atoms with Gasteiger partial charge in [0, 0.05) is 51.3 Å². The molecule has 1 aromatic carbocycles. The number of anilines is 1. The van der Waals surface area contributed by atoms with Crippen LogP contribution in [-0.2, 0) is 6.54 Å². The quantitative estimate of drug-likeness (QED) is 0.718. The zero-order valence-electron chi connectivity index (χ0n) is 14.6. The number of halogens is 1. The van der Waals surface area contributed by atoms with Crippen LogP contribution in [0.15, 0.2) is 42.9 Å². The molecule has 1 aliphatic heterocycles. The molecule has 0 spiro atoms. The molecule has 0 bridgehead atoms. The Bertz CT molecular complexity index is 906. The molecular formula is C19H20FN5O. The number of rotatable bonds is 4. The van der Waals surface area contributed by atoms with E-state index >= 15 is 0 Å². The highest BCUT2D eigenvalue weighted by molar-refractivity contribution is 5.85. The molecule has 134 valence electrons. The Morgan fingerprint density at radius 2 is 1.81 bits per heavy atom. The molecule has 0 N–H and O–H groups in total. The van der Waals surface area contributed by atoms with Crippen LogP contribution >= 0.6 is 0 Å². The van der Waals surface area contributed by atoms with Gasteiger partial charge in [-0.25, -0.2) is 14.4 Å². The topological polar surface area (TPSA) is 54.4 Å². The lowest BCUT2D eigenvalue weighted by Gasteiger charge is -2.35. The number of piperazine rings is 1. The summed E-state index contributed by atoms with van der Waals surface area (Å²) in [6.45, 7) is 4.18. The predicted octanol–water partition coefficient (Wildman–Crippen LogP) is 2.49. The van der Waals surface area contributed by atoms with Gasteiger partial charge in [-0.05, 0) is 23.8 Å². The van der Waals surface area contributed by atoms with Gasteiger partial charge in [-0.1, -0.05) is 6.07 Å². The fraction of sp³-hybridized carbons (Fsp3) is 0.316. The van der Waals surface area contributed by atoms with Crippen LogP contribution < -0.4 is 9.64 Å². The minimum Gasteiger partial charge on any atom is -0.494 e. The summed E-state index contributed by atoms with van der Waals surface area (Å²) < 4.78 is 18.8. The molecule has 0 unspecified atom stereocenters. The van der Waals surface area contributed by atoms with Gasteiger partial charge in [0.25, 0.3) is 0 Å². The zero-order chi connectivity index (χ0) is 17.9. The summed E-state index contributed by atoms with van der Waals surface area (Å²) in [7, 11) is 1.48. The molecule has 0 amide bonds. The van der Waals surface area contributed by atoms with Crippen LogP contribution in [0.5, 0.6) is 5.75 Å². The molecule has 26 heavy (non-hydrogen) atoms. The molecule has 1 saturated heterocycles. The van der Waals surface area contributed by atoms with Gasteiger partial charge in [0.2, 0.25) is 0 Å². The van der Waals surface area contributed by atoms with Crippen LogP contribution in [0.1, 0.15) is 5.56 Å². The van der Waals surface area contributed by atoms with Gasteiger partial charge >= 0.3 is 0 Å². The Kier molecular flexibility index (Phi) is 4.62. The second kappa shape index (κ2) is 7.21. The van der Waals surface area contributed by atoms with Crippen molar-refractivity contribution in [2.24, 2.45) is 0 Å². The molecule has 2 aromatic heterocycles. The third-order valence-electron chi connectivity index (χ3n) is 4.66. The average molecular weight is 353 g/mol. The second-order valence-corrected chi connectivity index (χ2v) is 6.29. The normalized spacial score (nSPS) is 15.4. The van der Waals surface area contributed by atoms with E-state index in [1.165, 1.54) is 7.11 Å². The first-order valence-electron chi connectivity index (χ1n) is 8.60. The van der Waals surface area contributed by atoms with E-state index in [4.69, 9.17) is 4.74 Å². The van der Waals surface area contributed by atoms with Crippen molar-refractivity contribution >= 4 is 16.9 Å². The molecule has 3 heterocycles. The van der Waals surface area contributed by atoms with Gasteiger partial charge < -0.3 is 9.64 Å². The zero-order valence-corrected chi connectivity index (χ0v) is 14.6. The van der Waals surface area contributed by atoms with E-state index in [1.54, 1.807) is 30.7 Å². The minimum absolute atomic E-state index is 0.279. The SMILES string of the molecule is COc1ccc(CN2CCN(c3nccc4nccnc34)CC2)cc1F. The van der Waals surface area contributed by atoms with Crippen LogP contribution in [0.25, 0.3) is 11.0 Å². The van der Waals surface area contributed by atoms with Crippen molar-refractivity contribution in [1.29, 1.82) is 0 Å². The molecule has 0 saturated carbocycles. The number of benzene rings is 1. The van der Waals surface area contributed by atoms with Gasteiger partial charge in [-0.15, -0.1) is 0 Å². The van der Waals surface area contributed by atoms with Crippen molar-refractivity contribution in [2.45, 2.75) is 6.54 Å². The maximum atomic E-state index is 13.9. The van der Waals surface area contributed by atoms with Crippen molar-refractivity contribution in [3.05, 3.63) is 54.2 Å². The lowest BCUT2D eigenvalue weighted by molar-refractivity contribution is 0.249. The fourth-order valence-corrected chi connectivity index (χ4v) is 3.30. The van der Waals surface area contributed by atoms with Crippen molar-refractivity contribution in [2.75, 3.05) is 38.2 Å². The molecule has 1 aliphatic rings. The highest BCUT2D eigenvalue weighted by Gasteiger charge is 2.20. The van der Waals surface area contributed by atoms with Crippen molar-refractivity contribution < 1.29 is 9.13 Å². The molecular weight excluding hydrogens is 333 g/mol. The summed E-state index contributed by atoms with van der Waals surface area (Å²) >= 11 is 0. The monoisotopic (exact) mass is 353 g/mol. The number of hydrogen-bond donors (Lipinski definition) is 0. The molecule has 3 aromatic rings. The average Bonchev–Trinajstić information content (AvgIpc) is 2.68. The van der Waals surface area contributed by atoms with Gasteiger partial charge in [0.1, 0.15) is 5.52 Å². The Balaban J connectivity index is 1.43. The number of pyridine rings is 1. The lowest BCUT2D eigenvalue weighted by atomic mass is 10.1. The van der Waals surface area contributed by atoms with Crippen LogP contribution in [0.4, 0.5) is 10.2 Å². The third kappa shape index (κ3) is 3.30. The largest absolute Gasteiger partial charge is 0.494 e. The van der Waals surface area contributed by atoms with Crippen LogP contribution in [0.2, 0.25) is 0 Å². The Hall–Kier alpha value is -2.80. The molecule has 0 radical (unpaired) electrons. The molecule has 7 heteroatoms. The van der Waals surface area contributed by atoms with E-state index in [9.17, 15) is 4.39 Å². The predicted molar refractivity (Wildman–Crippen MR) is 97.8 cm³/mol. The lowest BCUT2D eigenvalue weighted by Crippen LogP contribution is -2.46. The molecule has 1 fully saturated rings. The van der Waals surface area contributed by atoms with Gasteiger partial charge in [0.05, 0.1) is 12.6 Å². The number of aromatic nitrogens is 3. The van der Waals surface area contributed by atoms with Crippen molar-refractivity contribution in [3.8, 4) is 5.75 Å². The van der Waals surface area contributed by atoms with Gasteiger partial charge in [0.15, 0.2) is 17.4 Å². The van der Waals surface area contributed by atoms with E-state index in [-0.39, 0.29) is 11.6 Å². The van der Waals surface area contributed by atoms with Crippen molar-refractivity contribution in [3.63, 3.8) is 0 Å². The summed E-state index contributed by atoms with van der Waals surface area (Å²) in [6.07, 6.45) is 5.17. The summed E-state index contributed by atoms with van der Waals surface area (Å²) in [5.41, 5.74) is 2.64. The summed E-state index contributed by atoms with van der Waals surface area (Å²) in [5, 5.41) is 0. The highest BCUT2D eigenvalue weighted by Crippen LogP contribution is 2.23. The smallest absolute Gasteiger partial charge is 0.165 e. The Labute approximate surface area is 151 Å². The molecule has 4 rings (SSSR count). The first kappa shape index (κ1) is 16.7. The summed E-state index contributed by atoms with van der Waals surface area (Å²) in [4.78, 5) is 17.8. The van der Waals surface area contributed by atoms with E-state index in [1.807, 2.05) is 12.1 Å². The number of hydrogen-bond acceptors (Lipinski definition) is 6. The van der Waals surface area contributed by atoms with E-state index in [0.29, 0.717) is 0 Å². The first-order valence-corrected chi connectivity index (χ1v) is 8.60. The van der Waals surface area contributed by atoms with Gasteiger partial charge in [-0.2, -0.15) is 0 Å². The maximum absolute atomic E-state index is 13.9. The van der Waals surface area contributed by atoms with Crippen LogP contribution in [-0.4, -0.2) is 53.1 Å². The van der Waals surface area contributed by atoms with Crippen LogP contribution in [0.3, 0.4) is 0 Å². The molecule has 6 nitrogen and oxygen atoms in total. The Morgan fingerprint density at radius 1 is 1.00 bits per heavy atom.